The maximum atomic E-state index is 13.6. The van der Waals surface area contributed by atoms with Crippen LogP contribution in [-0.4, -0.2) is 11.4 Å². The Labute approximate surface area is 114 Å². The lowest BCUT2D eigenvalue weighted by molar-refractivity contribution is 0.0892. The SMILES string of the molecule is CCC(C)(CC)NC(=O)c1c(F)cc(Br)cc1F. The van der Waals surface area contributed by atoms with Crippen molar-refractivity contribution in [2.75, 3.05) is 0 Å². The zero-order valence-corrected chi connectivity index (χ0v) is 12.2. The van der Waals surface area contributed by atoms with Gasteiger partial charge in [-0.25, -0.2) is 8.78 Å². The average Bonchev–Trinajstić information content (AvgIpc) is 2.27. The molecule has 0 saturated carbocycles. The van der Waals surface area contributed by atoms with E-state index >= 15 is 0 Å². The number of benzene rings is 1. The number of amides is 1. The van der Waals surface area contributed by atoms with E-state index in [9.17, 15) is 13.6 Å². The Hall–Kier alpha value is -0.970. The van der Waals surface area contributed by atoms with Crippen LogP contribution in [0.1, 0.15) is 44.0 Å². The molecule has 0 aliphatic rings. The molecular formula is C13H16BrF2NO. The van der Waals surface area contributed by atoms with Crippen LogP contribution < -0.4 is 5.32 Å². The summed E-state index contributed by atoms with van der Waals surface area (Å²) in [6.45, 7) is 5.68. The van der Waals surface area contributed by atoms with Crippen molar-refractivity contribution in [3.8, 4) is 0 Å². The molecule has 0 bridgehead atoms. The number of halogens is 3. The molecule has 100 valence electrons. The molecule has 5 heteroatoms. The van der Waals surface area contributed by atoms with E-state index in [0.29, 0.717) is 12.8 Å². The fraction of sp³-hybridized carbons (Fsp3) is 0.462. The zero-order valence-electron chi connectivity index (χ0n) is 10.6. The van der Waals surface area contributed by atoms with Gasteiger partial charge >= 0.3 is 0 Å². The molecule has 0 aliphatic carbocycles. The van der Waals surface area contributed by atoms with Crippen LogP contribution in [0.2, 0.25) is 0 Å². The lowest BCUT2D eigenvalue weighted by atomic mass is 9.95. The van der Waals surface area contributed by atoms with Crippen molar-refractivity contribution in [2.24, 2.45) is 0 Å². The summed E-state index contributed by atoms with van der Waals surface area (Å²) in [4.78, 5) is 11.9. The smallest absolute Gasteiger partial charge is 0.257 e. The number of carbonyl (C=O) groups is 1. The van der Waals surface area contributed by atoms with Gasteiger partial charge in [0.05, 0.1) is 0 Å². The fourth-order valence-electron chi connectivity index (χ4n) is 1.52. The third kappa shape index (κ3) is 3.28. The third-order valence-electron chi connectivity index (χ3n) is 3.21. The molecule has 0 unspecified atom stereocenters. The molecule has 0 aliphatic heterocycles. The van der Waals surface area contributed by atoms with E-state index in [2.05, 4.69) is 21.2 Å². The molecule has 0 aromatic heterocycles. The van der Waals surface area contributed by atoms with Crippen molar-refractivity contribution in [2.45, 2.75) is 39.2 Å². The van der Waals surface area contributed by atoms with Crippen molar-refractivity contribution in [3.05, 3.63) is 33.8 Å². The summed E-state index contributed by atoms with van der Waals surface area (Å²) in [5, 5.41) is 2.68. The first-order valence-electron chi connectivity index (χ1n) is 5.80. The van der Waals surface area contributed by atoms with E-state index in [4.69, 9.17) is 0 Å². The predicted molar refractivity (Wildman–Crippen MR) is 70.5 cm³/mol. The first kappa shape index (κ1) is 15.1. The minimum atomic E-state index is -0.867. The van der Waals surface area contributed by atoms with Crippen molar-refractivity contribution in [1.82, 2.24) is 5.32 Å². The standard InChI is InChI=1S/C13H16BrF2NO/c1-4-13(3,5-2)17-12(18)11-9(15)6-8(14)7-10(11)16/h6-7H,4-5H2,1-3H3,(H,17,18). The second-order valence-corrected chi connectivity index (χ2v) is 5.38. The van der Waals surface area contributed by atoms with Gasteiger partial charge < -0.3 is 5.32 Å². The molecule has 2 nitrogen and oxygen atoms in total. The average molecular weight is 320 g/mol. The van der Waals surface area contributed by atoms with E-state index in [-0.39, 0.29) is 4.47 Å². The molecule has 1 amide bonds. The van der Waals surface area contributed by atoms with Gasteiger partial charge in [-0.3, -0.25) is 4.79 Å². The number of rotatable bonds is 4. The highest BCUT2D eigenvalue weighted by molar-refractivity contribution is 9.10. The molecule has 18 heavy (non-hydrogen) atoms. The van der Waals surface area contributed by atoms with Crippen LogP contribution in [0.25, 0.3) is 0 Å². The van der Waals surface area contributed by atoms with Crippen LogP contribution >= 0.6 is 15.9 Å². The number of nitrogens with one attached hydrogen (secondary N) is 1. The van der Waals surface area contributed by atoms with Crippen molar-refractivity contribution in [3.63, 3.8) is 0 Å². The molecule has 1 N–H and O–H groups in total. The topological polar surface area (TPSA) is 29.1 Å². The van der Waals surface area contributed by atoms with Crippen molar-refractivity contribution >= 4 is 21.8 Å². The summed E-state index contributed by atoms with van der Waals surface area (Å²) in [6, 6.07) is 2.15. The highest BCUT2D eigenvalue weighted by Crippen LogP contribution is 2.21. The van der Waals surface area contributed by atoms with E-state index in [1.54, 1.807) is 0 Å². The van der Waals surface area contributed by atoms with Gasteiger partial charge in [-0.05, 0) is 31.9 Å². The van der Waals surface area contributed by atoms with E-state index in [1.165, 1.54) is 0 Å². The van der Waals surface area contributed by atoms with Crippen molar-refractivity contribution < 1.29 is 13.6 Å². The highest BCUT2D eigenvalue weighted by atomic mass is 79.9. The summed E-state index contributed by atoms with van der Waals surface area (Å²) >= 11 is 2.97. The van der Waals surface area contributed by atoms with Crippen LogP contribution in [0.15, 0.2) is 16.6 Å². The lowest BCUT2D eigenvalue weighted by Crippen LogP contribution is -2.45. The summed E-state index contributed by atoms with van der Waals surface area (Å²) in [7, 11) is 0. The zero-order chi connectivity index (χ0) is 13.9. The molecule has 1 aromatic carbocycles. The highest BCUT2D eigenvalue weighted by Gasteiger charge is 2.26. The Morgan fingerprint density at radius 3 is 2.11 bits per heavy atom. The number of hydrogen-bond donors (Lipinski definition) is 1. The van der Waals surface area contributed by atoms with Crippen LogP contribution in [0.5, 0.6) is 0 Å². The largest absolute Gasteiger partial charge is 0.347 e. The van der Waals surface area contributed by atoms with Gasteiger partial charge in [0.1, 0.15) is 17.2 Å². The molecule has 0 heterocycles. The first-order chi connectivity index (χ1) is 8.33. The molecular weight excluding hydrogens is 304 g/mol. The van der Waals surface area contributed by atoms with Gasteiger partial charge in [-0.1, -0.05) is 29.8 Å². The molecule has 0 fully saturated rings. The van der Waals surface area contributed by atoms with E-state index in [1.807, 2.05) is 20.8 Å². The fourth-order valence-corrected chi connectivity index (χ4v) is 1.92. The Morgan fingerprint density at radius 2 is 1.72 bits per heavy atom. The van der Waals surface area contributed by atoms with Gasteiger partial charge in [0.25, 0.3) is 5.91 Å². The van der Waals surface area contributed by atoms with Gasteiger partial charge in [0.15, 0.2) is 0 Å². The molecule has 1 rings (SSSR count). The Kier molecular flexibility index (Phi) is 4.85. The molecule has 0 spiro atoms. The predicted octanol–water partition coefficient (Wildman–Crippen LogP) is 4.04. The normalized spacial score (nSPS) is 11.4. The Balaban J connectivity index is 3.05. The number of hydrogen-bond acceptors (Lipinski definition) is 1. The van der Waals surface area contributed by atoms with Crippen LogP contribution in [0, 0.1) is 11.6 Å². The summed E-state index contributed by atoms with van der Waals surface area (Å²) in [6.07, 6.45) is 1.38. The second kappa shape index (κ2) is 5.78. The van der Waals surface area contributed by atoms with Gasteiger partial charge in [0.2, 0.25) is 0 Å². The minimum Gasteiger partial charge on any atom is -0.347 e. The number of carbonyl (C=O) groups excluding carboxylic acids is 1. The third-order valence-corrected chi connectivity index (χ3v) is 3.67. The van der Waals surface area contributed by atoms with Crippen LogP contribution in [0.4, 0.5) is 8.78 Å². The van der Waals surface area contributed by atoms with Gasteiger partial charge in [-0.2, -0.15) is 0 Å². The quantitative estimate of drug-likeness (QED) is 0.891. The molecule has 0 saturated heterocycles. The Bertz CT molecular complexity index is 435. The monoisotopic (exact) mass is 319 g/mol. The maximum Gasteiger partial charge on any atom is 0.257 e. The first-order valence-corrected chi connectivity index (χ1v) is 6.59. The van der Waals surface area contributed by atoms with Crippen molar-refractivity contribution in [1.29, 1.82) is 0 Å². The van der Waals surface area contributed by atoms with Crippen LogP contribution in [0.3, 0.4) is 0 Å². The van der Waals surface area contributed by atoms with Gasteiger partial charge in [-0.15, -0.1) is 0 Å². The Morgan fingerprint density at radius 1 is 1.28 bits per heavy atom. The maximum absolute atomic E-state index is 13.6. The molecule has 1 aromatic rings. The summed E-state index contributed by atoms with van der Waals surface area (Å²) in [5.41, 5.74) is -0.991. The summed E-state index contributed by atoms with van der Waals surface area (Å²) < 4.78 is 27.5. The molecule has 0 atom stereocenters. The second-order valence-electron chi connectivity index (χ2n) is 4.47. The minimum absolute atomic E-state index is 0.266. The van der Waals surface area contributed by atoms with E-state index in [0.717, 1.165) is 12.1 Å². The van der Waals surface area contributed by atoms with Crippen LogP contribution in [-0.2, 0) is 0 Å². The molecule has 0 radical (unpaired) electrons. The lowest BCUT2D eigenvalue weighted by Gasteiger charge is -2.28. The summed E-state index contributed by atoms with van der Waals surface area (Å²) in [5.74, 6) is -2.45. The van der Waals surface area contributed by atoms with Gasteiger partial charge in [0, 0.05) is 10.0 Å². The van der Waals surface area contributed by atoms with E-state index < -0.39 is 28.6 Å².